The highest BCUT2D eigenvalue weighted by atomic mass is 19.1. The van der Waals surface area contributed by atoms with Crippen molar-refractivity contribution in [2.45, 2.75) is 38.4 Å². The van der Waals surface area contributed by atoms with Crippen molar-refractivity contribution >= 4 is 11.0 Å². The number of hydrogen-bond acceptors (Lipinski definition) is 7. The van der Waals surface area contributed by atoms with Crippen LogP contribution in [0.5, 0.6) is 5.88 Å². The number of hydrogen-bond donors (Lipinski definition) is 2. The summed E-state index contributed by atoms with van der Waals surface area (Å²) in [5, 5.41) is 28.1. The van der Waals surface area contributed by atoms with Gasteiger partial charge in [-0.3, -0.25) is 0 Å². The molecule has 0 aliphatic carbocycles. The molecule has 5 aromatic rings. The van der Waals surface area contributed by atoms with Gasteiger partial charge in [0.25, 0.3) is 0 Å². The molecule has 12 heteroatoms. The average Bonchev–Trinajstić information content (AvgIpc) is 3.30. The van der Waals surface area contributed by atoms with E-state index in [0.29, 0.717) is 24.5 Å². The van der Waals surface area contributed by atoms with E-state index in [9.17, 15) is 19.0 Å². The second kappa shape index (κ2) is 12.0. The molecule has 8 nitrogen and oxygen atoms in total. The van der Waals surface area contributed by atoms with Crippen molar-refractivity contribution in [2.75, 3.05) is 6.61 Å². The molecule has 1 saturated heterocycles. The molecule has 6 rings (SSSR count). The second-order valence-electron chi connectivity index (χ2n) is 10.3. The standard InChI is InChI=1S/C32H24F4N4O4/c33-23-8-17(14-37)4-5-18(23)16-44-31-3-1-2-27(39-31)21-11-24(34)19(9-25(21)35)10-30-38-28-13-26(36)22(32(41)42)12-29(28)40(30)15-20-6-7-43-20/h1-5,8-9,11-13,20,32,41-42H,6-7,10,15-16H2/t20-/m0/s1. The number of pyridine rings is 1. The highest BCUT2D eigenvalue weighted by molar-refractivity contribution is 5.77. The summed E-state index contributed by atoms with van der Waals surface area (Å²) in [6.45, 7) is 0.693. The molecular weight excluding hydrogens is 580 g/mol. The molecule has 0 spiro atoms. The molecule has 1 fully saturated rings. The Kier molecular flexibility index (Phi) is 8.01. The van der Waals surface area contributed by atoms with E-state index in [4.69, 9.17) is 14.7 Å². The van der Waals surface area contributed by atoms with E-state index < -0.39 is 29.6 Å². The molecule has 0 unspecified atom stereocenters. The van der Waals surface area contributed by atoms with Crippen molar-refractivity contribution in [2.24, 2.45) is 0 Å². The van der Waals surface area contributed by atoms with Crippen LogP contribution in [-0.4, -0.2) is 37.5 Å². The Bertz CT molecular complexity index is 1920. The zero-order valence-corrected chi connectivity index (χ0v) is 23.0. The minimum absolute atomic E-state index is 0.0103. The van der Waals surface area contributed by atoms with E-state index in [0.717, 1.165) is 30.7 Å². The lowest BCUT2D eigenvalue weighted by atomic mass is 10.0. The molecule has 1 atom stereocenters. The Balaban J connectivity index is 1.27. The fraction of sp³-hybridized carbons (Fsp3) is 0.219. The molecule has 224 valence electrons. The van der Waals surface area contributed by atoms with Crippen molar-refractivity contribution in [3.05, 3.63) is 112 Å². The summed E-state index contributed by atoms with van der Waals surface area (Å²) >= 11 is 0. The lowest BCUT2D eigenvalue weighted by Gasteiger charge is -2.27. The zero-order chi connectivity index (χ0) is 31.0. The Labute approximate surface area is 248 Å². The third-order valence-electron chi connectivity index (χ3n) is 7.45. The van der Waals surface area contributed by atoms with Crippen LogP contribution in [0.25, 0.3) is 22.3 Å². The first kappa shape index (κ1) is 29.3. The van der Waals surface area contributed by atoms with Crippen LogP contribution < -0.4 is 4.74 Å². The van der Waals surface area contributed by atoms with Crippen LogP contribution in [0.3, 0.4) is 0 Å². The Morgan fingerprint density at radius 3 is 2.45 bits per heavy atom. The maximum atomic E-state index is 15.5. The number of nitriles is 1. The fourth-order valence-corrected chi connectivity index (χ4v) is 5.00. The number of imidazole rings is 1. The van der Waals surface area contributed by atoms with Crippen LogP contribution in [0, 0.1) is 34.6 Å². The van der Waals surface area contributed by atoms with Gasteiger partial charge in [-0.05, 0) is 48.4 Å². The molecule has 0 radical (unpaired) electrons. The van der Waals surface area contributed by atoms with Gasteiger partial charge in [-0.15, -0.1) is 0 Å². The van der Waals surface area contributed by atoms with Gasteiger partial charge in [-0.2, -0.15) is 5.26 Å². The SMILES string of the molecule is N#Cc1ccc(COc2cccc(-c3cc(F)c(Cc4nc5cc(F)c(C(O)O)cc5n4C[C@@H]4CCO4)cc3F)n2)c(F)c1. The lowest BCUT2D eigenvalue weighted by Crippen LogP contribution is -2.31. The molecule has 0 bridgehead atoms. The van der Waals surface area contributed by atoms with E-state index in [1.807, 2.05) is 6.07 Å². The number of benzene rings is 3. The summed E-state index contributed by atoms with van der Waals surface area (Å²) in [6.07, 6.45) is -1.57. The Morgan fingerprint density at radius 2 is 1.75 bits per heavy atom. The Morgan fingerprint density at radius 1 is 0.955 bits per heavy atom. The highest BCUT2D eigenvalue weighted by Crippen LogP contribution is 2.30. The van der Waals surface area contributed by atoms with Crippen LogP contribution in [0.2, 0.25) is 0 Å². The summed E-state index contributed by atoms with van der Waals surface area (Å²) in [4.78, 5) is 8.70. The van der Waals surface area contributed by atoms with Crippen LogP contribution in [-0.2, 0) is 24.3 Å². The summed E-state index contributed by atoms with van der Waals surface area (Å²) < 4.78 is 72.4. The van der Waals surface area contributed by atoms with Gasteiger partial charge in [-0.25, -0.2) is 27.5 Å². The molecule has 3 aromatic carbocycles. The number of aliphatic hydroxyl groups excluding tert-OH is 1. The van der Waals surface area contributed by atoms with Gasteiger partial charge in [0.1, 0.15) is 35.7 Å². The number of aromatic nitrogens is 3. The summed E-state index contributed by atoms with van der Waals surface area (Å²) in [6, 6.07) is 14.7. The van der Waals surface area contributed by atoms with Gasteiger partial charge in [0.15, 0.2) is 6.29 Å². The normalized spacial score (nSPS) is 14.5. The maximum Gasteiger partial charge on any atom is 0.214 e. The van der Waals surface area contributed by atoms with Gasteiger partial charge < -0.3 is 24.3 Å². The molecule has 0 saturated carbocycles. The van der Waals surface area contributed by atoms with Gasteiger partial charge in [0.2, 0.25) is 5.88 Å². The van der Waals surface area contributed by atoms with Crippen molar-refractivity contribution in [1.29, 1.82) is 5.26 Å². The number of halogens is 4. The van der Waals surface area contributed by atoms with Gasteiger partial charge in [0, 0.05) is 41.9 Å². The number of fused-ring (bicyclic) bond motifs is 1. The van der Waals surface area contributed by atoms with E-state index in [2.05, 4.69) is 9.97 Å². The van der Waals surface area contributed by atoms with Crippen LogP contribution in [0.15, 0.2) is 60.7 Å². The first-order valence-electron chi connectivity index (χ1n) is 13.6. The van der Waals surface area contributed by atoms with Crippen molar-refractivity contribution < 1.29 is 37.2 Å². The quantitative estimate of drug-likeness (QED) is 0.170. The molecule has 0 amide bonds. The third-order valence-corrected chi connectivity index (χ3v) is 7.45. The Hall–Kier alpha value is -4.83. The number of ether oxygens (including phenoxy) is 2. The maximum absolute atomic E-state index is 15.5. The van der Waals surface area contributed by atoms with Crippen LogP contribution >= 0.6 is 0 Å². The molecule has 3 heterocycles. The van der Waals surface area contributed by atoms with Crippen LogP contribution in [0.4, 0.5) is 17.6 Å². The highest BCUT2D eigenvalue weighted by Gasteiger charge is 2.24. The fourth-order valence-electron chi connectivity index (χ4n) is 5.00. The minimum atomic E-state index is -2.04. The molecule has 2 aromatic heterocycles. The van der Waals surface area contributed by atoms with Crippen molar-refractivity contribution in [1.82, 2.24) is 14.5 Å². The molecule has 1 aliphatic rings. The predicted octanol–water partition coefficient (Wildman–Crippen LogP) is 5.47. The van der Waals surface area contributed by atoms with E-state index >= 15 is 8.78 Å². The van der Waals surface area contributed by atoms with Gasteiger partial charge in [0.05, 0.1) is 41.0 Å². The third kappa shape index (κ3) is 5.85. The first-order valence-corrected chi connectivity index (χ1v) is 13.6. The average molecular weight is 605 g/mol. The number of nitrogens with zero attached hydrogens (tertiary/aromatic N) is 4. The van der Waals surface area contributed by atoms with Crippen molar-refractivity contribution in [3.8, 4) is 23.2 Å². The van der Waals surface area contributed by atoms with E-state index in [1.165, 1.54) is 30.3 Å². The largest absolute Gasteiger partial charge is 0.473 e. The molecule has 44 heavy (non-hydrogen) atoms. The number of aliphatic hydroxyl groups is 2. The second-order valence-corrected chi connectivity index (χ2v) is 10.3. The zero-order valence-electron chi connectivity index (χ0n) is 23.0. The smallest absolute Gasteiger partial charge is 0.214 e. The monoisotopic (exact) mass is 604 g/mol. The molecular formula is C32H24F4N4O4. The number of rotatable bonds is 9. The van der Waals surface area contributed by atoms with Gasteiger partial charge >= 0.3 is 0 Å². The summed E-state index contributed by atoms with van der Waals surface area (Å²) in [5.74, 6) is -2.59. The minimum Gasteiger partial charge on any atom is -0.473 e. The lowest BCUT2D eigenvalue weighted by molar-refractivity contribution is -0.0590. The summed E-state index contributed by atoms with van der Waals surface area (Å²) in [7, 11) is 0. The van der Waals surface area contributed by atoms with Crippen molar-refractivity contribution in [3.63, 3.8) is 0 Å². The van der Waals surface area contributed by atoms with E-state index in [1.54, 1.807) is 10.6 Å². The topological polar surface area (TPSA) is 113 Å². The predicted molar refractivity (Wildman–Crippen MR) is 149 cm³/mol. The molecule has 1 aliphatic heterocycles. The van der Waals surface area contributed by atoms with E-state index in [-0.39, 0.29) is 64.0 Å². The van der Waals surface area contributed by atoms with Gasteiger partial charge in [-0.1, -0.05) is 12.1 Å². The summed E-state index contributed by atoms with van der Waals surface area (Å²) in [5.41, 5.74) is 0.610. The molecule has 2 N–H and O–H groups in total. The first-order chi connectivity index (χ1) is 21.2. The van der Waals surface area contributed by atoms with Crippen LogP contribution in [0.1, 0.15) is 40.8 Å².